The van der Waals surface area contributed by atoms with Gasteiger partial charge in [0.1, 0.15) is 0 Å². The van der Waals surface area contributed by atoms with Crippen molar-refractivity contribution in [3.8, 4) is 17.9 Å². The summed E-state index contributed by atoms with van der Waals surface area (Å²) in [6, 6.07) is 5.44. The molecule has 52 valence electrons. The minimum Gasteiger partial charge on any atom is -0.260 e. The van der Waals surface area contributed by atoms with Gasteiger partial charge in [0, 0.05) is 23.4 Å². The maximum atomic E-state index is 8.14. The van der Waals surface area contributed by atoms with Crippen molar-refractivity contribution >= 4 is 0 Å². The molecule has 2 nitrogen and oxygen atoms in total. The predicted octanol–water partition coefficient (Wildman–Crippen LogP) is 1.27. The first-order valence-electron chi connectivity index (χ1n) is 3.15. The lowest BCUT2D eigenvalue weighted by Crippen LogP contribution is -1.80. The van der Waals surface area contributed by atoms with Crippen LogP contribution in [0.5, 0.6) is 0 Å². The van der Waals surface area contributed by atoms with Crippen LogP contribution in [0.2, 0.25) is 0 Å². The Labute approximate surface area is 65.5 Å². The maximum absolute atomic E-state index is 8.14. The van der Waals surface area contributed by atoms with Crippen molar-refractivity contribution < 1.29 is 0 Å². The topological polar surface area (TPSA) is 36.7 Å². The summed E-state index contributed by atoms with van der Waals surface area (Å²) in [7, 11) is 0. The molecule has 1 heterocycles. The molecule has 0 N–H and O–H groups in total. The van der Waals surface area contributed by atoms with Gasteiger partial charge in [0.05, 0.1) is 0 Å². The van der Waals surface area contributed by atoms with Crippen LogP contribution in [0.1, 0.15) is 11.3 Å². The number of hydrogen-bond acceptors (Lipinski definition) is 2. The Morgan fingerprint density at radius 3 is 2.82 bits per heavy atom. The summed E-state index contributed by atoms with van der Waals surface area (Å²) in [5.74, 6) is 4.95. The lowest BCUT2D eigenvalue weighted by atomic mass is 10.2. The monoisotopic (exact) mass is 142 g/mol. The van der Waals surface area contributed by atoms with Gasteiger partial charge in [0.15, 0.2) is 6.07 Å². The van der Waals surface area contributed by atoms with Gasteiger partial charge in [-0.2, -0.15) is 5.26 Å². The molecule has 11 heavy (non-hydrogen) atoms. The molecule has 0 aromatic carbocycles. The normalized spacial score (nSPS) is 7.64. The first-order chi connectivity index (χ1) is 5.33. The van der Waals surface area contributed by atoms with E-state index in [1.807, 2.05) is 19.1 Å². The molecule has 0 amide bonds. The fraction of sp³-hybridized carbons (Fsp3) is 0.111. The van der Waals surface area contributed by atoms with Crippen LogP contribution in [0, 0.1) is 30.1 Å². The Balaban J connectivity index is 2.93. The number of nitriles is 1. The van der Waals surface area contributed by atoms with Crippen LogP contribution >= 0.6 is 0 Å². The molecule has 0 fully saturated rings. The molecule has 0 saturated carbocycles. The molecule has 0 radical (unpaired) electrons. The molecule has 0 unspecified atom stereocenters. The minimum atomic E-state index is 0.775. The zero-order valence-corrected chi connectivity index (χ0v) is 6.13. The van der Waals surface area contributed by atoms with Gasteiger partial charge in [-0.3, -0.25) is 4.98 Å². The molecular formula is C9H6N2. The summed E-state index contributed by atoms with van der Waals surface area (Å²) < 4.78 is 0. The second kappa shape index (κ2) is 3.39. The fourth-order valence-corrected chi connectivity index (χ4v) is 0.642. The summed E-state index contributed by atoms with van der Waals surface area (Å²) >= 11 is 0. The number of pyridine rings is 1. The van der Waals surface area contributed by atoms with Crippen LogP contribution in [0.4, 0.5) is 0 Å². The SMILES string of the molecule is Cc1ccc(C#CC#N)cn1. The van der Waals surface area contributed by atoms with Crippen molar-refractivity contribution in [1.29, 1.82) is 5.26 Å². The molecular weight excluding hydrogens is 136 g/mol. The summed E-state index contributed by atoms with van der Waals surface area (Å²) in [5, 5.41) is 8.14. The molecule has 0 bridgehead atoms. The van der Waals surface area contributed by atoms with E-state index in [1.165, 1.54) is 0 Å². The van der Waals surface area contributed by atoms with Gasteiger partial charge in [0.25, 0.3) is 0 Å². The molecule has 0 aliphatic carbocycles. The van der Waals surface area contributed by atoms with E-state index >= 15 is 0 Å². The van der Waals surface area contributed by atoms with Crippen LogP contribution in [-0.2, 0) is 0 Å². The predicted molar refractivity (Wildman–Crippen MR) is 41.5 cm³/mol. The number of aromatic nitrogens is 1. The van der Waals surface area contributed by atoms with Crippen molar-refractivity contribution in [2.75, 3.05) is 0 Å². The molecule has 1 aromatic heterocycles. The van der Waals surface area contributed by atoms with Crippen molar-refractivity contribution in [3.63, 3.8) is 0 Å². The van der Waals surface area contributed by atoms with Crippen molar-refractivity contribution in [2.45, 2.75) is 6.92 Å². The van der Waals surface area contributed by atoms with Gasteiger partial charge < -0.3 is 0 Å². The average molecular weight is 142 g/mol. The highest BCUT2D eigenvalue weighted by Gasteiger charge is 1.85. The van der Waals surface area contributed by atoms with Gasteiger partial charge >= 0.3 is 0 Å². The molecule has 0 aliphatic heterocycles. The molecule has 0 saturated heterocycles. The zero-order valence-electron chi connectivity index (χ0n) is 6.13. The molecule has 2 heteroatoms. The minimum absolute atomic E-state index is 0.775. The third-order valence-corrected chi connectivity index (χ3v) is 1.17. The van der Waals surface area contributed by atoms with Crippen LogP contribution in [0.25, 0.3) is 0 Å². The number of nitrogens with zero attached hydrogens (tertiary/aromatic N) is 2. The highest BCUT2D eigenvalue weighted by Crippen LogP contribution is 1.95. The van der Waals surface area contributed by atoms with Gasteiger partial charge in [-0.05, 0) is 25.0 Å². The second-order valence-electron chi connectivity index (χ2n) is 2.05. The molecule has 1 rings (SSSR count). The lowest BCUT2D eigenvalue weighted by Gasteiger charge is -1.89. The lowest BCUT2D eigenvalue weighted by molar-refractivity contribution is 1.19. The van der Waals surface area contributed by atoms with Gasteiger partial charge in [-0.25, -0.2) is 0 Å². The summed E-state index contributed by atoms with van der Waals surface area (Å²) in [6.45, 7) is 1.90. The Kier molecular flexibility index (Phi) is 2.25. The van der Waals surface area contributed by atoms with Gasteiger partial charge in [-0.15, -0.1) is 0 Å². The van der Waals surface area contributed by atoms with Crippen molar-refractivity contribution in [1.82, 2.24) is 4.98 Å². The second-order valence-corrected chi connectivity index (χ2v) is 2.05. The average Bonchev–Trinajstić information content (AvgIpc) is 2.04. The van der Waals surface area contributed by atoms with E-state index in [9.17, 15) is 0 Å². The number of aryl methyl sites for hydroxylation is 1. The van der Waals surface area contributed by atoms with Crippen molar-refractivity contribution in [3.05, 3.63) is 29.6 Å². The maximum Gasteiger partial charge on any atom is 0.152 e. The van der Waals surface area contributed by atoms with Crippen LogP contribution < -0.4 is 0 Å². The largest absolute Gasteiger partial charge is 0.260 e. The van der Waals surface area contributed by atoms with E-state index in [0.717, 1.165) is 11.3 Å². The fourth-order valence-electron chi connectivity index (χ4n) is 0.642. The van der Waals surface area contributed by atoms with Gasteiger partial charge in [0.2, 0.25) is 0 Å². The van der Waals surface area contributed by atoms with E-state index in [-0.39, 0.29) is 0 Å². The van der Waals surface area contributed by atoms with Crippen LogP contribution in [0.3, 0.4) is 0 Å². The van der Waals surface area contributed by atoms with E-state index in [1.54, 1.807) is 12.3 Å². The van der Waals surface area contributed by atoms with E-state index in [4.69, 9.17) is 5.26 Å². The Bertz CT molecular complexity index is 333. The highest BCUT2D eigenvalue weighted by molar-refractivity contribution is 5.36. The van der Waals surface area contributed by atoms with Crippen LogP contribution in [-0.4, -0.2) is 4.98 Å². The van der Waals surface area contributed by atoms with E-state index < -0.39 is 0 Å². The standard InChI is InChI=1S/C9H6N2/c1-8-4-5-9(7-11-8)3-2-6-10/h4-5,7H,1H3. The van der Waals surface area contributed by atoms with Gasteiger partial charge in [-0.1, -0.05) is 0 Å². The molecule has 0 spiro atoms. The summed E-state index contributed by atoms with van der Waals surface area (Å²) in [5.41, 5.74) is 1.73. The molecule has 0 aliphatic rings. The quantitative estimate of drug-likeness (QED) is 0.511. The van der Waals surface area contributed by atoms with E-state index in [0.29, 0.717) is 0 Å². The van der Waals surface area contributed by atoms with E-state index in [2.05, 4.69) is 16.8 Å². The third kappa shape index (κ3) is 2.12. The Morgan fingerprint density at radius 1 is 1.45 bits per heavy atom. The Morgan fingerprint density at radius 2 is 2.27 bits per heavy atom. The summed E-state index contributed by atoms with van der Waals surface area (Å²) in [4.78, 5) is 4.02. The highest BCUT2D eigenvalue weighted by atomic mass is 14.6. The first kappa shape index (κ1) is 7.31. The molecule has 0 atom stereocenters. The van der Waals surface area contributed by atoms with Crippen molar-refractivity contribution in [2.24, 2.45) is 0 Å². The number of rotatable bonds is 0. The third-order valence-electron chi connectivity index (χ3n) is 1.17. The number of hydrogen-bond donors (Lipinski definition) is 0. The molecule has 1 aromatic rings. The Hall–Kier alpha value is -1.80. The first-order valence-corrected chi connectivity index (χ1v) is 3.15. The zero-order chi connectivity index (χ0) is 8.10. The van der Waals surface area contributed by atoms with Crippen LogP contribution in [0.15, 0.2) is 18.3 Å². The summed E-state index contributed by atoms with van der Waals surface area (Å²) in [6.07, 6.45) is 1.65. The smallest absolute Gasteiger partial charge is 0.152 e.